The van der Waals surface area contributed by atoms with Crippen LogP contribution in [-0.4, -0.2) is 36.6 Å². The fraction of sp³-hybridized carbons (Fsp3) is 0.923. The van der Waals surface area contributed by atoms with Crippen molar-refractivity contribution in [3.63, 3.8) is 0 Å². The summed E-state index contributed by atoms with van der Waals surface area (Å²) in [7, 11) is 1.47. The molecule has 0 unspecified atom stereocenters. The lowest BCUT2D eigenvalue weighted by molar-refractivity contribution is -0.143. The quantitative estimate of drug-likeness (QED) is 0.546. The van der Waals surface area contributed by atoms with Crippen molar-refractivity contribution in [2.75, 3.05) is 13.7 Å². The van der Waals surface area contributed by atoms with E-state index < -0.39 is 0 Å². The first-order valence-electron chi connectivity index (χ1n) is 6.47. The summed E-state index contributed by atoms with van der Waals surface area (Å²) in [5.74, 6) is -0.113. The predicted molar refractivity (Wildman–Crippen MR) is 65.3 cm³/mol. The number of ether oxygens (including phenoxy) is 1. The first kappa shape index (κ1) is 13.5. The average molecular weight is 227 g/mol. The van der Waals surface area contributed by atoms with Crippen molar-refractivity contribution in [3.05, 3.63) is 0 Å². The molecule has 0 bridgehead atoms. The van der Waals surface area contributed by atoms with Crippen molar-refractivity contribution in [1.82, 2.24) is 4.90 Å². The molecule has 0 aromatic heterocycles. The summed E-state index contributed by atoms with van der Waals surface area (Å²) < 4.78 is 4.77. The Morgan fingerprint density at radius 3 is 2.25 bits per heavy atom. The molecule has 94 valence electrons. The van der Waals surface area contributed by atoms with E-state index in [-0.39, 0.29) is 5.97 Å². The molecule has 0 aliphatic heterocycles. The average Bonchev–Trinajstić information content (AvgIpc) is 2.53. The summed E-state index contributed by atoms with van der Waals surface area (Å²) in [6.45, 7) is 4.76. The van der Waals surface area contributed by atoms with Crippen LogP contribution in [0.1, 0.15) is 52.4 Å². The zero-order valence-corrected chi connectivity index (χ0v) is 10.9. The van der Waals surface area contributed by atoms with Gasteiger partial charge in [0.05, 0.1) is 13.7 Å². The maximum atomic E-state index is 11.4. The van der Waals surface area contributed by atoms with Crippen molar-refractivity contribution in [1.29, 1.82) is 0 Å². The van der Waals surface area contributed by atoms with Crippen LogP contribution in [-0.2, 0) is 9.53 Å². The van der Waals surface area contributed by atoms with Crippen LogP contribution < -0.4 is 0 Å². The van der Waals surface area contributed by atoms with E-state index in [1.807, 2.05) is 0 Å². The number of methoxy groups -OCH3 is 1. The molecule has 0 atom stereocenters. The third kappa shape index (κ3) is 4.12. The van der Waals surface area contributed by atoms with E-state index in [1.54, 1.807) is 0 Å². The lowest BCUT2D eigenvalue weighted by atomic mass is 10.1. The molecule has 0 saturated heterocycles. The zero-order valence-electron chi connectivity index (χ0n) is 10.9. The molecule has 0 amide bonds. The summed E-state index contributed by atoms with van der Waals surface area (Å²) >= 11 is 0. The van der Waals surface area contributed by atoms with Gasteiger partial charge in [0.15, 0.2) is 0 Å². The van der Waals surface area contributed by atoms with Gasteiger partial charge in [-0.3, -0.25) is 9.69 Å². The van der Waals surface area contributed by atoms with Gasteiger partial charge in [-0.15, -0.1) is 0 Å². The Morgan fingerprint density at radius 2 is 1.81 bits per heavy atom. The maximum Gasteiger partial charge on any atom is 0.319 e. The van der Waals surface area contributed by atoms with Gasteiger partial charge in [0.2, 0.25) is 0 Å². The van der Waals surface area contributed by atoms with Gasteiger partial charge in [0, 0.05) is 12.1 Å². The molecule has 0 N–H and O–H groups in total. The van der Waals surface area contributed by atoms with Crippen LogP contribution in [0.3, 0.4) is 0 Å². The largest absolute Gasteiger partial charge is 0.468 e. The minimum atomic E-state index is -0.113. The van der Waals surface area contributed by atoms with E-state index in [4.69, 9.17) is 4.74 Å². The van der Waals surface area contributed by atoms with Crippen LogP contribution >= 0.6 is 0 Å². The highest BCUT2D eigenvalue weighted by molar-refractivity contribution is 5.71. The molecule has 0 aromatic rings. The summed E-state index contributed by atoms with van der Waals surface area (Å²) in [6.07, 6.45) is 7.76. The van der Waals surface area contributed by atoms with Crippen molar-refractivity contribution in [3.8, 4) is 0 Å². The molecule has 1 aliphatic carbocycles. The summed E-state index contributed by atoms with van der Waals surface area (Å²) in [4.78, 5) is 13.7. The highest BCUT2D eigenvalue weighted by Crippen LogP contribution is 2.23. The van der Waals surface area contributed by atoms with E-state index in [2.05, 4.69) is 18.7 Å². The summed E-state index contributed by atoms with van der Waals surface area (Å²) in [5.41, 5.74) is 0. The molecule has 0 spiro atoms. The van der Waals surface area contributed by atoms with Crippen LogP contribution in [0, 0.1) is 0 Å². The zero-order chi connectivity index (χ0) is 12.0. The van der Waals surface area contributed by atoms with Crippen molar-refractivity contribution >= 4 is 5.97 Å². The second-order valence-electron chi connectivity index (χ2n) is 4.99. The molecule has 3 nitrogen and oxygen atoms in total. The van der Waals surface area contributed by atoms with E-state index in [0.717, 1.165) is 0 Å². The number of hydrogen-bond donors (Lipinski definition) is 0. The van der Waals surface area contributed by atoms with E-state index in [9.17, 15) is 4.79 Å². The van der Waals surface area contributed by atoms with Crippen molar-refractivity contribution in [2.24, 2.45) is 0 Å². The van der Waals surface area contributed by atoms with Crippen molar-refractivity contribution in [2.45, 2.75) is 64.5 Å². The second-order valence-corrected chi connectivity index (χ2v) is 4.99. The highest BCUT2D eigenvalue weighted by Gasteiger charge is 2.24. The van der Waals surface area contributed by atoms with E-state index in [0.29, 0.717) is 18.6 Å². The summed E-state index contributed by atoms with van der Waals surface area (Å²) in [6, 6.07) is 0.990. The summed E-state index contributed by atoms with van der Waals surface area (Å²) in [5, 5.41) is 0. The van der Waals surface area contributed by atoms with Gasteiger partial charge >= 0.3 is 5.97 Å². The molecule has 1 rings (SSSR count). The molecule has 16 heavy (non-hydrogen) atoms. The lowest BCUT2D eigenvalue weighted by Crippen LogP contribution is -2.43. The minimum Gasteiger partial charge on any atom is -0.468 e. The smallest absolute Gasteiger partial charge is 0.319 e. The standard InChI is InChI=1S/C13H25NO2/c1-11(2)14(10-13(15)16-3)12-8-6-4-5-7-9-12/h11-12H,4-10H2,1-3H3. The Bertz CT molecular complexity index is 208. The SMILES string of the molecule is COC(=O)CN(C(C)C)C1CCCCCC1. The fourth-order valence-corrected chi connectivity index (χ4v) is 2.54. The van der Waals surface area contributed by atoms with Gasteiger partial charge in [0.1, 0.15) is 0 Å². The molecule has 1 fully saturated rings. The van der Waals surface area contributed by atoms with Crippen LogP contribution in [0.4, 0.5) is 0 Å². The number of esters is 1. The van der Waals surface area contributed by atoms with Crippen molar-refractivity contribution < 1.29 is 9.53 Å². The van der Waals surface area contributed by atoms with E-state index >= 15 is 0 Å². The van der Waals surface area contributed by atoms with Crippen LogP contribution in [0.25, 0.3) is 0 Å². The van der Waals surface area contributed by atoms with Crippen LogP contribution in [0.2, 0.25) is 0 Å². The van der Waals surface area contributed by atoms with Gasteiger partial charge in [-0.25, -0.2) is 0 Å². The Labute approximate surface area is 99.1 Å². The number of nitrogens with zero attached hydrogens (tertiary/aromatic N) is 1. The number of carbonyl (C=O) groups excluding carboxylic acids is 1. The Kier molecular flexibility index (Phi) is 5.81. The monoisotopic (exact) mass is 227 g/mol. The van der Waals surface area contributed by atoms with Gasteiger partial charge in [-0.05, 0) is 26.7 Å². The van der Waals surface area contributed by atoms with Gasteiger partial charge in [0.25, 0.3) is 0 Å². The molecule has 1 aliphatic rings. The third-order valence-electron chi connectivity index (χ3n) is 3.50. The van der Waals surface area contributed by atoms with Crippen LogP contribution in [0.5, 0.6) is 0 Å². The lowest BCUT2D eigenvalue weighted by Gasteiger charge is -2.33. The molecule has 3 heteroatoms. The highest BCUT2D eigenvalue weighted by atomic mass is 16.5. The van der Waals surface area contributed by atoms with Gasteiger partial charge < -0.3 is 4.74 Å². The Balaban J connectivity index is 2.56. The molecular weight excluding hydrogens is 202 g/mol. The molecule has 0 heterocycles. The van der Waals surface area contributed by atoms with Crippen LogP contribution in [0.15, 0.2) is 0 Å². The number of rotatable bonds is 4. The topological polar surface area (TPSA) is 29.5 Å². The maximum absolute atomic E-state index is 11.4. The third-order valence-corrected chi connectivity index (χ3v) is 3.50. The minimum absolute atomic E-state index is 0.113. The van der Waals surface area contributed by atoms with E-state index in [1.165, 1.54) is 45.6 Å². The Hall–Kier alpha value is -0.570. The van der Waals surface area contributed by atoms with Gasteiger partial charge in [-0.1, -0.05) is 25.7 Å². The fourth-order valence-electron chi connectivity index (χ4n) is 2.54. The Morgan fingerprint density at radius 1 is 1.25 bits per heavy atom. The normalized spacial score (nSPS) is 18.8. The second kappa shape index (κ2) is 6.89. The van der Waals surface area contributed by atoms with Gasteiger partial charge in [-0.2, -0.15) is 0 Å². The molecular formula is C13H25NO2. The molecule has 0 radical (unpaired) electrons. The predicted octanol–water partition coefficient (Wildman–Crippen LogP) is 2.59. The number of carbonyl (C=O) groups is 1. The molecule has 1 saturated carbocycles. The molecule has 0 aromatic carbocycles. The first-order valence-corrected chi connectivity index (χ1v) is 6.47. The number of hydrogen-bond acceptors (Lipinski definition) is 3. The first-order chi connectivity index (χ1) is 7.65.